The molecule has 0 bridgehead atoms. The highest BCUT2D eigenvalue weighted by Crippen LogP contribution is 2.27. The minimum atomic E-state index is -3.79. The molecule has 2 heterocycles. The molecular weight excluding hydrogens is 488 g/mol. The summed E-state index contributed by atoms with van der Waals surface area (Å²) >= 11 is 5.95. The predicted octanol–water partition coefficient (Wildman–Crippen LogP) is 3.36. The largest absolute Gasteiger partial charge is 0.348 e. The number of nitriles is 1. The van der Waals surface area contributed by atoms with Crippen LogP contribution in [0.1, 0.15) is 48.1 Å². The molecule has 0 spiro atoms. The molecule has 0 radical (unpaired) electrons. The van der Waals surface area contributed by atoms with Crippen LogP contribution in [0.25, 0.3) is 0 Å². The van der Waals surface area contributed by atoms with Crippen LogP contribution in [0.15, 0.2) is 53.4 Å². The van der Waals surface area contributed by atoms with E-state index in [9.17, 15) is 18.0 Å². The van der Waals surface area contributed by atoms with Gasteiger partial charge in [-0.05, 0) is 62.1 Å². The molecule has 35 heavy (non-hydrogen) atoms. The Morgan fingerprint density at radius 1 is 1.14 bits per heavy atom. The first kappa shape index (κ1) is 25.2. The van der Waals surface area contributed by atoms with Gasteiger partial charge in [-0.3, -0.25) is 9.59 Å². The monoisotopic (exact) mass is 514 g/mol. The van der Waals surface area contributed by atoms with E-state index >= 15 is 0 Å². The maximum atomic E-state index is 13.4. The van der Waals surface area contributed by atoms with Crippen molar-refractivity contribution >= 4 is 33.4 Å². The first-order chi connectivity index (χ1) is 16.7. The third kappa shape index (κ3) is 5.35. The summed E-state index contributed by atoms with van der Waals surface area (Å²) in [6.45, 7) is 2.59. The molecule has 2 fully saturated rings. The molecule has 0 aromatic heterocycles. The van der Waals surface area contributed by atoms with E-state index in [-0.39, 0.29) is 47.3 Å². The van der Waals surface area contributed by atoms with Crippen molar-refractivity contribution in [1.82, 2.24) is 14.5 Å². The second kappa shape index (κ2) is 10.4. The summed E-state index contributed by atoms with van der Waals surface area (Å²) in [5, 5.41) is 12.5. The second-order valence-corrected chi connectivity index (χ2v) is 11.3. The number of rotatable bonds is 6. The number of carbonyl (C=O) groups excluding carboxylic acids is 2. The molecule has 2 atom stereocenters. The van der Waals surface area contributed by atoms with Gasteiger partial charge in [-0.2, -0.15) is 9.57 Å². The van der Waals surface area contributed by atoms with Crippen molar-refractivity contribution in [2.45, 2.75) is 43.2 Å². The topological polar surface area (TPSA) is 111 Å². The van der Waals surface area contributed by atoms with Crippen LogP contribution in [0, 0.1) is 17.2 Å². The Morgan fingerprint density at radius 3 is 2.54 bits per heavy atom. The fourth-order valence-electron chi connectivity index (χ4n) is 4.41. The van der Waals surface area contributed by atoms with E-state index in [4.69, 9.17) is 16.9 Å². The van der Waals surface area contributed by atoms with Crippen LogP contribution in [-0.4, -0.2) is 55.1 Å². The summed E-state index contributed by atoms with van der Waals surface area (Å²) in [6, 6.07) is 14.3. The van der Waals surface area contributed by atoms with Gasteiger partial charge >= 0.3 is 0 Å². The van der Waals surface area contributed by atoms with E-state index < -0.39 is 16.1 Å². The van der Waals surface area contributed by atoms with Gasteiger partial charge in [-0.1, -0.05) is 29.8 Å². The highest BCUT2D eigenvalue weighted by atomic mass is 35.5. The lowest BCUT2D eigenvalue weighted by Gasteiger charge is -2.36. The SMILES string of the molecule is C[C@H](NC(=O)[C@H]1CCCCN1C(=O)c1cccc(S(=O)(=O)N2CC(C#N)C2)c1)c1ccc(Cl)cc1. The van der Waals surface area contributed by atoms with E-state index in [1.54, 1.807) is 18.2 Å². The quantitative estimate of drug-likeness (QED) is 0.635. The van der Waals surface area contributed by atoms with Gasteiger partial charge < -0.3 is 10.2 Å². The molecule has 2 aromatic rings. The minimum absolute atomic E-state index is 0.00844. The summed E-state index contributed by atoms with van der Waals surface area (Å²) in [5.74, 6) is -0.926. The predicted molar refractivity (Wildman–Crippen MR) is 131 cm³/mol. The Balaban J connectivity index is 1.50. The molecule has 0 aliphatic carbocycles. The van der Waals surface area contributed by atoms with Crippen LogP contribution in [0.2, 0.25) is 5.02 Å². The molecule has 184 valence electrons. The molecule has 0 unspecified atom stereocenters. The average Bonchev–Trinajstić information content (AvgIpc) is 2.83. The Bertz CT molecular complexity index is 1250. The Hall–Kier alpha value is -2.93. The Morgan fingerprint density at radius 2 is 1.86 bits per heavy atom. The van der Waals surface area contributed by atoms with Crippen molar-refractivity contribution in [2.75, 3.05) is 19.6 Å². The molecule has 4 rings (SSSR count). The number of piperidine rings is 1. The van der Waals surface area contributed by atoms with Gasteiger partial charge in [-0.25, -0.2) is 8.42 Å². The van der Waals surface area contributed by atoms with Crippen molar-refractivity contribution in [3.63, 3.8) is 0 Å². The summed E-state index contributed by atoms with van der Waals surface area (Å²) < 4.78 is 27.0. The van der Waals surface area contributed by atoms with Gasteiger partial charge in [0.05, 0.1) is 22.9 Å². The number of sulfonamides is 1. The van der Waals surface area contributed by atoms with Crippen LogP contribution >= 0.6 is 11.6 Å². The number of benzene rings is 2. The summed E-state index contributed by atoms with van der Waals surface area (Å²) in [4.78, 5) is 28.1. The zero-order chi connectivity index (χ0) is 25.2. The molecule has 8 nitrogen and oxygen atoms in total. The van der Waals surface area contributed by atoms with Gasteiger partial charge in [0.1, 0.15) is 6.04 Å². The lowest BCUT2D eigenvalue weighted by Crippen LogP contribution is -2.52. The van der Waals surface area contributed by atoms with Crippen LogP contribution in [-0.2, 0) is 14.8 Å². The standard InChI is InChI=1S/C25H27ClN4O4S/c1-17(19-8-10-21(26)11-9-19)28-24(31)23-7-2-3-12-30(23)25(32)20-5-4-6-22(13-20)35(33,34)29-15-18(14-27)16-29/h4-6,8-11,13,17-18,23H,2-3,7,12,15-16H2,1H3,(H,28,31)/t17-,23+/m0/s1. The molecule has 2 saturated heterocycles. The van der Waals surface area contributed by atoms with Crippen molar-refractivity contribution in [2.24, 2.45) is 5.92 Å². The third-order valence-corrected chi connectivity index (χ3v) is 8.62. The molecule has 2 amide bonds. The zero-order valence-electron chi connectivity index (χ0n) is 19.4. The molecule has 1 N–H and O–H groups in total. The number of amides is 2. The molecule has 2 aliphatic heterocycles. The second-order valence-electron chi connectivity index (χ2n) is 8.97. The van der Waals surface area contributed by atoms with Crippen LogP contribution < -0.4 is 5.32 Å². The van der Waals surface area contributed by atoms with Gasteiger partial charge in [0.25, 0.3) is 5.91 Å². The first-order valence-corrected chi connectivity index (χ1v) is 13.4. The van der Waals surface area contributed by atoms with E-state index in [0.717, 1.165) is 18.4 Å². The van der Waals surface area contributed by atoms with Crippen molar-refractivity contribution < 1.29 is 18.0 Å². The molecule has 10 heteroatoms. The fraction of sp³-hybridized carbons (Fsp3) is 0.400. The summed E-state index contributed by atoms with van der Waals surface area (Å²) in [5.41, 5.74) is 1.12. The highest BCUT2D eigenvalue weighted by Gasteiger charge is 2.38. The van der Waals surface area contributed by atoms with E-state index in [0.29, 0.717) is 18.0 Å². The van der Waals surface area contributed by atoms with Crippen molar-refractivity contribution in [3.8, 4) is 6.07 Å². The first-order valence-electron chi connectivity index (χ1n) is 11.6. The number of hydrogen-bond acceptors (Lipinski definition) is 5. The van der Waals surface area contributed by atoms with E-state index in [1.807, 2.05) is 19.1 Å². The van der Waals surface area contributed by atoms with E-state index in [1.165, 1.54) is 27.4 Å². The van der Waals surface area contributed by atoms with E-state index in [2.05, 4.69) is 11.4 Å². The van der Waals surface area contributed by atoms with Gasteiger partial charge in [0.15, 0.2) is 0 Å². The average molecular weight is 515 g/mol. The van der Waals surface area contributed by atoms with Crippen LogP contribution in [0.5, 0.6) is 0 Å². The number of carbonyl (C=O) groups is 2. The number of hydrogen-bond donors (Lipinski definition) is 1. The molecule has 2 aliphatic rings. The molecule has 2 aromatic carbocycles. The maximum Gasteiger partial charge on any atom is 0.254 e. The fourth-order valence-corrected chi connectivity index (χ4v) is 6.12. The smallest absolute Gasteiger partial charge is 0.254 e. The van der Waals surface area contributed by atoms with Gasteiger partial charge in [0.2, 0.25) is 15.9 Å². The number of nitrogens with zero attached hydrogens (tertiary/aromatic N) is 3. The molecule has 0 saturated carbocycles. The summed E-state index contributed by atoms with van der Waals surface area (Å²) in [6.07, 6.45) is 2.12. The summed E-state index contributed by atoms with van der Waals surface area (Å²) in [7, 11) is -3.79. The van der Waals surface area contributed by atoms with Gasteiger partial charge in [-0.15, -0.1) is 0 Å². The lowest BCUT2D eigenvalue weighted by atomic mass is 9.99. The van der Waals surface area contributed by atoms with Crippen LogP contribution in [0.4, 0.5) is 0 Å². The number of likely N-dealkylation sites (tertiary alicyclic amines) is 1. The number of halogens is 1. The minimum Gasteiger partial charge on any atom is -0.348 e. The van der Waals surface area contributed by atoms with Gasteiger partial charge in [0, 0.05) is 30.2 Å². The molecular formula is C25H27ClN4O4S. The Labute approximate surface area is 210 Å². The third-order valence-electron chi connectivity index (χ3n) is 6.54. The maximum absolute atomic E-state index is 13.4. The number of nitrogens with one attached hydrogen (secondary N) is 1. The van der Waals surface area contributed by atoms with Crippen molar-refractivity contribution in [1.29, 1.82) is 5.26 Å². The lowest BCUT2D eigenvalue weighted by molar-refractivity contribution is -0.127. The highest BCUT2D eigenvalue weighted by molar-refractivity contribution is 7.89. The Kier molecular flexibility index (Phi) is 7.45. The zero-order valence-corrected chi connectivity index (χ0v) is 20.9. The normalized spacial score (nSPS) is 19.9. The van der Waals surface area contributed by atoms with Crippen LogP contribution in [0.3, 0.4) is 0 Å². The van der Waals surface area contributed by atoms with Crippen molar-refractivity contribution in [3.05, 3.63) is 64.7 Å².